The number of nitrogens with one attached hydrogen (secondary N) is 2. The zero-order chi connectivity index (χ0) is 20.0. The number of halogens is 3. The van der Waals surface area contributed by atoms with Gasteiger partial charge in [0, 0.05) is 4.47 Å². The SMILES string of the molecule is Cc1ccc(OCC(=O)NNC(=O)COc2c(C)cc(Br)cc2Br)c(Br)c1. The van der Waals surface area contributed by atoms with Gasteiger partial charge in [0.1, 0.15) is 11.5 Å². The first-order valence-electron chi connectivity index (χ1n) is 7.81. The summed E-state index contributed by atoms with van der Waals surface area (Å²) in [5, 5.41) is 0. The van der Waals surface area contributed by atoms with E-state index in [-0.39, 0.29) is 13.2 Å². The van der Waals surface area contributed by atoms with E-state index in [9.17, 15) is 9.59 Å². The van der Waals surface area contributed by atoms with Crippen molar-refractivity contribution in [3.63, 3.8) is 0 Å². The standard InChI is InChI=1S/C18H17Br3N2O4/c1-10-3-4-15(13(20)5-10)26-8-16(24)22-23-17(25)9-27-18-11(2)6-12(19)7-14(18)21/h3-7H,8-9H2,1-2H3,(H,22,24)(H,23,25). The molecule has 0 atom stereocenters. The lowest BCUT2D eigenvalue weighted by atomic mass is 10.2. The molecule has 0 radical (unpaired) electrons. The highest BCUT2D eigenvalue weighted by Gasteiger charge is 2.11. The molecule has 2 N–H and O–H groups in total. The largest absolute Gasteiger partial charge is 0.483 e. The summed E-state index contributed by atoms with van der Waals surface area (Å²) in [6.07, 6.45) is 0. The number of ether oxygens (including phenoxy) is 2. The fourth-order valence-corrected chi connectivity index (χ4v) is 4.25. The van der Waals surface area contributed by atoms with Crippen LogP contribution in [-0.2, 0) is 9.59 Å². The lowest BCUT2D eigenvalue weighted by Crippen LogP contribution is -2.45. The summed E-state index contributed by atoms with van der Waals surface area (Å²) in [6, 6.07) is 9.22. The maximum Gasteiger partial charge on any atom is 0.276 e. The lowest BCUT2D eigenvalue weighted by molar-refractivity contribution is -0.131. The molecule has 0 aliphatic rings. The molecule has 2 amide bonds. The topological polar surface area (TPSA) is 76.7 Å². The molecule has 2 aromatic carbocycles. The molecule has 0 aliphatic heterocycles. The van der Waals surface area contributed by atoms with E-state index in [1.807, 2.05) is 38.1 Å². The van der Waals surface area contributed by atoms with Crippen LogP contribution in [0, 0.1) is 13.8 Å². The normalized spacial score (nSPS) is 10.3. The van der Waals surface area contributed by atoms with Gasteiger partial charge in [0.05, 0.1) is 8.95 Å². The van der Waals surface area contributed by atoms with E-state index in [0.29, 0.717) is 11.5 Å². The highest BCUT2D eigenvalue weighted by atomic mass is 79.9. The van der Waals surface area contributed by atoms with Crippen molar-refractivity contribution in [2.45, 2.75) is 13.8 Å². The molecule has 0 aromatic heterocycles. The molecule has 0 saturated carbocycles. The Hall–Kier alpha value is -1.58. The monoisotopic (exact) mass is 562 g/mol. The summed E-state index contributed by atoms with van der Waals surface area (Å²) in [5.74, 6) is 0.124. The Bertz CT molecular complexity index is 835. The van der Waals surface area contributed by atoms with Crippen molar-refractivity contribution >= 4 is 59.6 Å². The van der Waals surface area contributed by atoms with Crippen LogP contribution < -0.4 is 20.3 Å². The number of benzene rings is 2. The Morgan fingerprint density at radius 2 is 1.52 bits per heavy atom. The highest BCUT2D eigenvalue weighted by Crippen LogP contribution is 2.32. The number of hydrogen-bond donors (Lipinski definition) is 2. The van der Waals surface area contributed by atoms with Crippen molar-refractivity contribution in [1.29, 1.82) is 0 Å². The third-order valence-corrected chi connectivity index (χ3v) is 5.00. The van der Waals surface area contributed by atoms with Crippen molar-refractivity contribution in [2.24, 2.45) is 0 Å². The van der Waals surface area contributed by atoms with Crippen molar-refractivity contribution in [1.82, 2.24) is 10.9 Å². The van der Waals surface area contributed by atoms with Gasteiger partial charge >= 0.3 is 0 Å². The second-order valence-corrected chi connectivity index (χ2v) is 8.27. The smallest absolute Gasteiger partial charge is 0.276 e. The van der Waals surface area contributed by atoms with E-state index in [1.165, 1.54) is 0 Å². The van der Waals surface area contributed by atoms with Gasteiger partial charge in [-0.2, -0.15) is 0 Å². The molecule has 0 unspecified atom stereocenters. The second-order valence-electron chi connectivity index (χ2n) is 5.64. The Labute approximate surface area is 182 Å². The van der Waals surface area contributed by atoms with Crippen LogP contribution >= 0.6 is 47.8 Å². The molecular weight excluding hydrogens is 548 g/mol. The summed E-state index contributed by atoms with van der Waals surface area (Å²) < 4.78 is 13.3. The number of hydrogen-bond acceptors (Lipinski definition) is 4. The third kappa shape index (κ3) is 6.82. The average Bonchev–Trinajstić information content (AvgIpc) is 2.58. The minimum absolute atomic E-state index is 0.236. The van der Waals surface area contributed by atoms with Crippen LogP contribution in [0.2, 0.25) is 0 Å². The average molecular weight is 565 g/mol. The van der Waals surface area contributed by atoms with Gasteiger partial charge in [0.15, 0.2) is 13.2 Å². The molecule has 27 heavy (non-hydrogen) atoms. The van der Waals surface area contributed by atoms with Crippen molar-refractivity contribution in [3.05, 3.63) is 54.9 Å². The predicted octanol–water partition coefficient (Wildman–Crippen LogP) is 4.20. The molecule has 0 aliphatic carbocycles. The number of hydrazine groups is 1. The van der Waals surface area contributed by atoms with E-state index < -0.39 is 11.8 Å². The van der Waals surface area contributed by atoms with Crippen LogP contribution in [0.15, 0.2) is 43.7 Å². The zero-order valence-electron chi connectivity index (χ0n) is 14.6. The summed E-state index contributed by atoms with van der Waals surface area (Å²) >= 11 is 10.1. The van der Waals surface area contributed by atoms with Crippen LogP contribution in [0.4, 0.5) is 0 Å². The van der Waals surface area contributed by atoms with Crippen LogP contribution in [-0.4, -0.2) is 25.0 Å². The minimum atomic E-state index is -0.492. The Morgan fingerprint density at radius 3 is 2.11 bits per heavy atom. The molecule has 0 heterocycles. The summed E-state index contributed by atoms with van der Waals surface area (Å²) in [5.41, 5.74) is 6.50. The molecule has 9 heteroatoms. The van der Waals surface area contributed by atoms with Gasteiger partial charge in [-0.1, -0.05) is 22.0 Å². The second kappa shape index (κ2) is 10.1. The fourth-order valence-electron chi connectivity index (χ4n) is 2.09. The van der Waals surface area contributed by atoms with E-state index >= 15 is 0 Å². The molecule has 0 saturated heterocycles. The van der Waals surface area contributed by atoms with Crippen LogP contribution in [0.25, 0.3) is 0 Å². The van der Waals surface area contributed by atoms with Gasteiger partial charge in [-0.15, -0.1) is 0 Å². The molecule has 0 bridgehead atoms. The van der Waals surface area contributed by atoms with Gasteiger partial charge in [0.25, 0.3) is 11.8 Å². The molecule has 144 valence electrons. The van der Waals surface area contributed by atoms with Gasteiger partial charge < -0.3 is 9.47 Å². The molecule has 0 fully saturated rings. The molecule has 6 nitrogen and oxygen atoms in total. The number of rotatable bonds is 6. The first-order chi connectivity index (χ1) is 12.8. The van der Waals surface area contributed by atoms with Gasteiger partial charge in [-0.25, -0.2) is 0 Å². The lowest BCUT2D eigenvalue weighted by Gasteiger charge is -2.13. The van der Waals surface area contributed by atoms with Crippen LogP contribution in [0.5, 0.6) is 11.5 Å². The minimum Gasteiger partial charge on any atom is -0.483 e. The van der Waals surface area contributed by atoms with E-state index in [4.69, 9.17) is 9.47 Å². The fraction of sp³-hybridized carbons (Fsp3) is 0.222. The van der Waals surface area contributed by atoms with Gasteiger partial charge in [-0.3, -0.25) is 20.4 Å². The number of carbonyl (C=O) groups excluding carboxylic acids is 2. The summed E-state index contributed by atoms with van der Waals surface area (Å²) in [6.45, 7) is 3.34. The summed E-state index contributed by atoms with van der Waals surface area (Å²) in [4.78, 5) is 23.7. The predicted molar refractivity (Wildman–Crippen MR) is 113 cm³/mol. The third-order valence-electron chi connectivity index (χ3n) is 3.33. The number of aryl methyl sites for hydroxylation is 2. The van der Waals surface area contributed by atoms with Crippen LogP contribution in [0.1, 0.15) is 11.1 Å². The Morgan fingerprint density at radius 1 is 0.889 bits per heavy atom. The van der Waals surface area contributed by atoms with Gasteiger partial charge in [0.2, 0.25) is 0 Å². The van der Waals surface area contributed by atoms with E-state index in [1.54, 1.807) is 6.07 Å². The number of carbonyl (C=O) groups is 2. The first-order valence-corrected chi connectivity index (χ1v) is 10.2. The Kier molecular flexibility index (Phi) is 8.12. The number of amides is 2. The quantitative estimate of drug-likeness (QED) is 0.516. The van der Waals surface area contributed by atoms with Crippen LogP contribution in [0.3, 0.4) is 0 Å². The van der Waals surface area contributed by atoms with E-state index in [2.05, 4.69) is 58.6 Å². The van der Waals surface area contributed by atoms with Crippen molar-refractivity contribution in [3.8, 4) is 11.5 Å². The Balaban J connectivity index is 1.76. The maximum absolute atomic E-state index is 11.9. The highest BCUT2D eigenvalue weighted by molar-refractivity contribution is 9.11. The molecule has 0 spiro atoms. The maximum atomic E-state index is 11.9. The molecular formula is C18H17Br3N2O4. The zero-order valence-corrected chi connectivity index (χ0v) is 19.3. The first kappa shape index (κ1) is 21.7. The van der Waals surface area contributed by atoms with Crippen molar-refractivity contribution < 1.29 is 19.1 Å². The van der Waals surface area contributed by atoms with E-state index in [0.717, 1.165) is 24.5 Å². The van der Waals surface area contributed by atoms with Crippen molar-refractivity contribution in [2.75, 3.05) is 13.2 Å². The molecule has 2 rings (SSSR count). The molecule has 2 aromatic rings. The summed E-state index contributed by atoms with van der Waals surface area (Å²) in [7, 11) is 0. The van der Waals surface area contributed by atoms with Gasteiger partial charge in [-0.05, 0) is 81.1 Å².